The number of rotatable bonds is 6. The topological polar surface area (TPSA) is 52.6 Å². The predicted molar refractivity (Wildman–Crippen MR) is 152 cm³/mol. The minimum atomic E-state index is -5.50. The molecule has 6 rings (SSSR count). The number of carbonyl (C=O) groups is 2. The molecule has 5 heteroatoms. The summed E-state index contributed by atoms with van der Waals surface area (Å²) in [6.07, 6.45) is 8.22. The van der Waals surface area contributed by atoms with Crippen LogP contribution in [0.1, 0.15) is 58.3 Å². The van der Waals surface area contributed by atoms with Crippen LogP contribution >= 0.6 is 0 Å². The third kappa shape index (κ3) is 4.08. The van der Waals surface area contributed by atoms with Crippen molar-refractivity contribution < 1.29 is 31.8 Å². The van der Waals surface area contributed by atoms with Gasteiger partial charge in [-0.05, 0) is 0 Å². The van der Waals surface area contributed by atoms with Gasteiger partial charge < -0.3 is 0 Å². The molecule has 192 valence electrons. The van der Waals surface area contributed by atoms with E-state index in [1.54, 1.807) is 48.5 Å². The van der Waals surface area contributed by atoms with Crippen LogP contribution in [0.15, 0.2) is 121 Å². The second-order valence-electron chi connectivity index (χ2n) is 10.0. The van der Waals surface area contributed by atoms with Gasteiger partial charge in [-0.25, -0.2) is 0 Å². The number of carbonyl (C=O) groups excluding carboxylic acids is 2. The zero-order chi connectivity index (χ0) is 26.9. The first-order chi connectivity index (χ1) is 19.0. The monoisotopic (exact) mass is 548 g/mol. The van der Waals surface area contributed by atoms with Crippen molar-refractivity contribution in [1.29, 1.82) is 0 Å². The van der Waals surface area contributed by atoms with Gasteiger partial charge in [-0.2, -0.15) is 0 Å². The third-order valence-corrected chi connectivity index (χ3v) is 17.2. The van der Waals surface area contributed by atoms with E-state index < -0.39 is 36.0 Å². The molecular formula is C34H28O4Ti. The Bertz CT molecular complexity index is 1570. The SMILES string of the molecule is C[CH]=[Ti]([O]C(=O)c1ccccc1)([O]C(=O)c1ccccc1)([CH]1C=Cc2ccccc21)[CH]1C=Cc2ccccc21. The number of hydrogen-bond acceptors (Lipinski definition) is 4. The Morgan fingerprint density at radius 1 is 0.590 bits per heavy atom. The van der Waals surface area contributed by atoms with Gasteiger partial charge in [0.25, 0.3) is 0 Å². The second kappa shape index (κ2) is 9.88. The van der Waals surface area contributed by atoms with Gasteiger partial charge in [0.1, 0.15) is 0 Å². The summed E-state index contributed by atoms with van der Waals surface area (Å²) >= 11 is -5.50. The summed E-state index contributed by atoms with van der Waals surface area (Å²) in [5, 5.41) is 0. The van der Waals surface area contributed by atoms with Crippen LogP contribution in [0.25, 0.3) is 12.2 Å². The van der Waals surface area contributed by atoms with Crippen molar-refractivity contribution in [2.75, 3.05) is 0 Å². The maximum atomic E-state index is 14.0. The van der Waals surface area contributed by atoms with Gasteiger partial charge in [-0.15, -0.1) is 0 Å². The molecule has 0 amide bonds. The molecule has 0 aliphatic heterocycles. The second-order valence-corrected chi connectivity index (χ2v) is 17.5. The van der Waals surface area contributed by atoms with Crippen LogP contribution < -0.4 is 0 Å². The number of benzene rings is 4. The molecule has 0 spiro atoms. The van der Waals surface area contributed by atoms with Gasteiger partial charge in [0.2, 0.25) is 0 Å². The van der Waals surface area contributed by atoms with E-state index in [0.717, 1.165) is 22.3 Å². The average Bonchev–Trinajstić information content (AvgIpc) is 3.64. The quantitative estimate of drug-likeness (QED) is 0.233. The van der Waals surface area contributed by atoms with Gasteiger partial charge in [0, 0.05) is 0 Å². The van der Waals surface area contributed by atoms with Gasteiger partial charge in [-0.1, -0.05) is 0 Å². The first-order valence-electron chi connectivity index (χ1n) is 13.1. The molecule has 0 bridgehead atoms. The number of hydrogen-bond donors (Lipinski definition) is 0. The van der Waals surface area contributed by atoms with Crippen LogP contribution in [0.5, 0.6) is 0 Å². The molecule has 39 heavy (non-hydrogen) atoms. The zero-order valence-corrected chi connectivity index (χ0v) is 23.1. The molecule has 0 N–H and O–H groups in total. The Balaban J connectivity index is 1.65. The first-order valence-corrected chi connectivity index (χ1v) is 17.1. The summed E-state index contributed by atoms with van der Waals surface area (Å²) < 4.78 is 14.9. The van der Waals surface area contributed by atoms with E-state index in [1.807, 2.05) is 84.1 Å². The molecule has 0 radical (unpaired) electrons. The Morgan fingerprint density at radius 3 is 1.38 bits per heavy atom. The Hall–Kier alpha value is -4.12. The van der Waals surface area contributed by atoms with Crippen molar-refractivity contribution in [3.63, 3.8) is 0 Å². The number of allylic oxidation sites excluding steroid dienone is 2. The van der Waals surface area contributed by atoms with Crippen LogP contribution in [0, 0.1) is 0 Å². The van der Waals surface area contributed by atoms with Gasteiger partial charge in [-0.3, -0.25) is 0 Å². The third-order valence-electron chi connectivity index (χ3n) is 8.04. The van der Waals surface area contributed by atoms with Crippen molar-refractivity contribution >= 4 is 28.4 Å². The number of fused-ring (bicyclic) bond motifs is 2. The fraction of sp³-hybridized carbons (Fsp3) is 0.0882. The molecule has 2 atom stereocenters. The molecule has 2 aliphatic carbocycles. The standard InChI is InChI=1S/2C9H7.2C7H6O2.C2H4.Ti/c2*1-2-5-9-7-3-6-8(9)4-1;2*8-7(9)6-4-2-1-3-5-6;1-2;/h2*1-7H;2*1-5H,(H,8,9);1H,2H3;/q;;;;;+2/p-2. The fourth-order valence-electron chi connectivity index (χ4n) is 6.10. The average molecular weight is 548 g/mol. The summed E-state index contributed by atoms with van der Waals surface area (Å²) in [7, 11) is 0. The Labute approximate surface area is 229 Å². The molecule has 2 unspecified atom stereocenters. The van der Waals surface area contributed by atoms with E-state index in [-0.39, 0.29) is 0 Å². The molecule has 0 heterocycles. The predicted octanol–water partition coefficient (Wildman–Crippen LogP) is 7.58. The molecule has 4 nitrogen and oxygen atoms in total. The summed E-state index contributed by atoms with van der Waals surface area (Å²) in [5.74, 6) is -0.996. The molecule has 4 aromatic rings. The Kier molecular flexibility index (Phi) is 6.38. The van der Waals surface area contributed by atoms with Gasteiger partial charge in [0.15, 0.2) is 0 Å². The fourth-order valence-corrected chi connectivity index (χ4v) is 14.9. The molecule has 0 aromatic heterocycles. The van der Waals surface area contributed by atoms with Crippen molar-refractivity contribution in [2.24, 2.45) is 0 Å². The van der Waals surface area contributed by atoms with Crippen LogP contribution in [0.4, 0.5) is 0 Å². The Morgan fingerprint density at radius 2 is 0.974 bits per heavy atom. The van der Waals surface area contributed by atoms with E-state index in [2.05, 4.69) is 12.2 Å². The summed E-state index contributed by atoms with van der Waals surface area (Å²) in [6, 6.07) is 34.0. The van der Waals surface area contributed by atoms with Crippen LogP contribution in [0.2, 0.25) is 0 Å². The van der Waals surface area contributed by atoms with Crippen LogP contribution in [-0.4, -0.2) is 16.3 Å². The van der Waals surface area contributed by atoms with Crippen molar-refractivity contribution in [1.82, 2.24) is 0 Å². The molecule has 2 aliphatic rings. The van der Waals surface area contributed by atoms with Gasteiger partial charge >= 0.3 is 230 Å². The molecule has 0 fully saturated rings. The van der Waals surface area contributed by atoms with E-state index in [1.165, 1.54) is 0 Å². The normalized spacial score (nSPS) is 17.3. The van der Waals surface area contributed by atoms with E-state index in [0.29, 0.717) is 11.1 Å². The van der Waals surface area contributed by atoms with Crippen LogP contribution in [0.3, 0.4) is 0 Å². The van der Waals surface area contributed by atoms with E-state index >= 15 is 0 Å². The van der Waals surface area contributed by atoms with Crippen molar-refractivity contribution in [3.8, 4) is 0 Å². The molecule has 4 aromatic carbocycles. The first kappa shape index (κ1) is 25.2. The molecular weight excluding hydrogens is 520 g/mol. The zero-order valence-electron chi connectivity index (χ0n) is 21.6. The summed E-state index contributed by atoms with van der Waals surface area (Å²) in [5.41, 5.74) is 4.87. The summed E-state index contributed by atoms with van der Waals surface area (Å²) in [4.78, 5) is 28.1. The minimum absolute atomic E-state index is 0.413. The van der Waals surface area contributed by atoms with Gasteiger partial charge in [0.05, 0.1) is 0 Å². The van der Waals surface area contributed by atoms with Crippen LogP contribution in [-0.2, 0) is 22.3 Å². The molecule has 0 saturated heterocycles. The summed E-state index contributed by atoms with van der Waals surface area (Å²) in [6.45, 7) is 1.89. The maximum absolute atomic E-state index is 14.0. The van der Waals surface area contributed by atoms with E-state index in [4.69, 9.17) is 6.64 Å². The van der Waals surface area contributed by atoms with Crippen molar-refractivity contribution in [3.05, 3.63) is 155 Å². The molecule has 0 saturated carbocycles. The van der Waals surface area contributed by atoms with Crippen molar-refractivity contribution in [2.45, 2.75) is 15.4 Å². The van der Waals surface area contributed by atoms with E-state index in [9.17, 15) is 9.59 Å².